The lowest BCUT2D eigenvalue weighted by Crippen LogP contribution is -2.93. The van der Waals surface area contributed by atoms with Crippen molar-refractivity contribution in [3.8, 4) is 5.75 Å². The van der Waals surface area contributed by atoms with Crippen LogP contribution in [0.15, 0.2) is 18.2 Å². The van der Waals surface area contributed by atoms with Gasteiger partial charge in [0, 0.05) is 18.4 Å². The average molecular weight is 374 g/mol. The summed E-state index contributed by atoms with van der Waals surface area (Å²) >= 11 is 0. The van der Waals surface area contributed by atoms with E-state index < -0.39 is 57.5 Å². The number of phenols is 1. The Morgan fingerprint density at radius 3 is 2.44 bits per heavy atom. The van der Waals surface area contributed by atoms with Crippen LogP contribution in [-0.4, -0.2) is 65.8 Å². The van der Waals surface area contributed by atoms with Gasteiger partial charge in [-0.2, -0.15) is 0 Å². The number of ketones is 3. The topological polar surface area (TPSA) is 141 Å². The molecule has 4 bridgehead atoms. The first kappa shape index (κ1) is 17.0. The summed E-state index contributed by atoms with van der Waals surface area (Å²) in [7, 11) is 0. The molecule has 6 rings (SSSR count). The minimum Gasteiger partial charge on any atom is -0.507 e. The third-order valence-corrected chi connectivity index (χ3v) is 6.88. The van der Waals surface area contributed by atoms with E-state index in [1.54, 1.807) is 0 Å². The minimum absolute atomic E-state index is 0.103. The zero-order chi connectivity index (χ0) is 19.6. The van der Waals surface area contributed by atoms with E-state index in [1.165, 1.54) is 25.1 Å². The summed E-state index contributed by atoms with van der Waals surface area (Å²) in [5.41, 5.74) is -12.0. The molecular weight excluding hydrogens is 356 g/mol. The number of carbonyl (C=O) groups is 3. The van der Waals surface area contributed by atoms with Gasteiger partial charge in [0.15, 0.2) is 17.0 Å². The van der Waals surface area contributed by atoms with Crippen LogP contribution in [0, 0.1) is 0 Å². The van der Waals surface area contributed by atoms with Crippen LogP contribution in [0.3, 0.4) is 0 Å². The number of phenolic OH excluding ortho intramolecular Hbond substituents is 1. The largest absolute Gasteiger partial charge is 0.507 e. The van der Waals surface area contributed by atoms with Crippen molar-refractivity contribution < 1.29 is 39.5 Å². The normalized spacial score (nSPS) is 47.6. The van der Waals surface area contributed by atoms with Gasteiger partial charge in [0.05, 0.1) is 11.2 Å². The fraction of sp³-hybridized carbons (Fsp3) is 0.526. The highest BCUT2D eigenvalue weighted by Crippen LogP contribution is 2.66. The third-order valence-electron chi connectivity index (χ3n) is 6.88. The number of Topliss-reactive ketones (excluding diaryl/α,β-unsaturated/α-hetero) is 3. The lowest BCUT2D eigenvalue weighted by atomic mass is 9.43. The van der Waals surface area contributed by atoms with Crippen molar-refractivity contribution >= 4 is 17.3 Å². The smallest absolute Gasteiger partial charge is 0.206 e. The molecule has 2 saturated heterocycles. The molecule has 27 heavy (non-hydrogen) atoms. The number of benzene rings is 1. The molecule has 4 N–H and O–H groups in total. The molecule has 1 aromatic carbocycles. The summed E-state index contributed by atoms with van der Waals surface area (Å²) in [6.07, 6.45) is -1.02. The van der Waals surface area contributed by atoms with Gasteiger partial charge in [-0.3, -0.25) is 14.4 Å². The highest BCUT2D eigenvalue weighted by atomic mass is 16.6. The number of aliphatic hydroxyl groups is 3. The molecule has 0 aromatic heterocycles. The molecule has 1 aromatic rings. The Bertz CT molecular complexity index is 970. The van der Waals surface area contributed by atoms with Gasteiger partial charge in [0.2, 0.25) is 17.2 Å². The molecule has 2 aliphatic heterocycles. The Labute approximate surface area is 153 Å². The van der Waals surface area contributed by atoms with Crippen molar-refractivity contribution in [1.29, 1.82) is 0 Å². The molecule has 1 spiro atoms. The van der Waals surface area contributed by atoms with Gasteiger partial charge in [0.1, 0.15) is 11.4 Å². The van der Waals surface area contributed by atoms with E-state index >= 15 is 0 Å². The Balaban J connectivity index is 1.91. The Morgan fingerprint density at radius 2 is 1.74 bits per heavy atom. The van der Waals surface area contributed by atoms with Crippen LogP contribution in [0.1, 0.15) is 53.3 Å². The van der Waals surface area contributed by atoms with E-state index in [2.05, 4.69) is 0 Å². The van der Waals surface area contributed by atoms with Crippen LogP contribution >= 0.6 is 0 Å². The predicted octanol–water partition coefficient (Wildman–Crippen LogP) is -0.351. The van der Waals surface area contributed by atoms with Gasteiger partial charge in [-0.15, -0.1) is 0 Å². The molecule has 5 aliphatic rings. The second-order valence-corrected chi connectivity index (χ2v) is 8.47. The van der Waals surface area contributed by atoms with Crippen LogP contribution in [0.25, 0.3) is 0 Å². The molecule has 5 atom stereocenters. The maximum Gasteiger partial charge on any atom is 0.206 e. The Morgan fingerprint density at radius 1 is 1.04 bits per heavy atom. The SMILES string of the molecule is C[C@@]12CC(=O)[C@]3(O)[C@@](O)(CC[C@]4(O)C(=O)c5c(O)cccc5C(=O)[C@@]34O1)C2. The summed E-state index contributed by atoms with van der Waals surface area (Å²) in [4.78, 5) is 39.7. The fourth-order valence-electron chi connectivity index (χ4n) is 5.83. The van der Waals surface area contributed by atoms with Crippen LogP contribution < -0.4 is 0 Å². The summed E-state index contributed by atoms with van der Waals surface area (Å²) in [5.74, 6) is -3.32. The first-order valence-corrected chi connectivity index (χ1v) is 8.78. The van der Waals surface area contributed by atoms with E-state index in [-0.39, 0.29) is 30.4 Å². The van der Waals surface area contributed by atoms with Crippen LogP contribution in [0.2, 0.25) is 0 Å². The first-order chi connectivity index (χ1) is 12.5. The predicted molar refractivity (Wildman–Crippen MR) is 87.3 cm³/mol. The molecule has 3 aliphatic carbocycles. The molecule has 2 saturated carbocycles. The fourth-order valence-corrected chi connectivity index (χ4v) is 5.83. The van der Waals surface area contributed by atoms with Crippen LogP contribution in [-0.2, 0) is 9.53 Å². The molecule has 4 fully saturated rings. The molecule has 0 amide bonds. The minimum atomic E-state index is -2.76. The van der Waals surface area contributed by atoms with Gasteiger partial charge in [-0.1, -0.05) is 12.1 Å². The lowest BCUT2D eigenvalue weighted by Gasteiger charge is -2.71. The Kier molecular flexibility index (Phi) is 2.71. The second kappa shape index (κ2) is 4.30. The van der Waals surface area contributed by atoms with Crippen molar-refractivity contribution in [2.24, 2.45) is 0 Å². The van der Waals surface area contributed by atoms with E-state index in [0.717, 1.165) is 0 Å². The number of fused-ring (bicyclic) bond motifs is 2. The maximum absolute atomic E-state index is 13.5. The van der Waals surface area contributed by atoms with Crippen molar-refractivity contribution in [2.75, 3.05) is 0 Å². The third kappa shape index (κ3) is 1.45. The number of hydrogen-bond acceptors (Lipinski definition) is 8. The summed E-state index contributed by atoms with van der Waals surface area (Å²) in [6.45, 7) is 1.51. The first-order valence-electron chi connectivity index (χ1n) is 8.78. The monoisotopic (exact) mass is 374 g/mol. The van der Waals surface area contributed by atoms with Gasteiger partial charge in [-0.25, -0.2) is 0 Å². The second-order valence-electron chi connectivity index (χ2n) is 8.47. The summed E-state index contributed by atoms with van der Waals surface area (Å²) in [6, 6.07) is 3.81. The van der Waals surface area contributed by atoms with Crippen molar-refractivity contribution in [2.45, 2.75) is 60.6 Å². The molecule has 2 heterocycles. The van der Waals surface area contributed by atoms with Crippen molar-refractivity contribution in [3.05, 3.63) is 29.3 Å². The Hall–Kier alpha value is -2.13. The lowest BCUT2D eigenvalue weighted by molar-refractivity contribution is -0.377. The van der Waals surface area contributed by atoms with Gasteiger partial charge in [0.25, 0.3) is 0 Å². The van der Waals surface area contributed by atoms with Gasteiger partial charge >= 0.3 is 0 Å². The molecule has 0 unspecified atom stereocenters. The van der Waals surface area contributed by atoms with E-state index in [9.17, 15) is 34.8 Å². The molecule has 8 heteroatoms. The number of aromatic hydroxyl groups is 1. The molecule has 8 nitrogen and oxygen atoms in total. The van der Waals surface area contributed by atoms with Gasteiger partial charge in [-0.05, 0) is 25.8 Å². The van der Waals surface area contributed by atoms with Crippen molar-refractivity contribution in [3.63, 3.8) is 0 Å². The van der Waals surface area contributed by atoms with E-state index in [0.29, 0.717) is 0 Å². The van der Waals surface area contributed by atoms with Crippen molar-refractivity contribution in [1.82, 2.24) is 0 Å². The summed E-state index contributed by atoms with van der Waals surface area (Å²) < 4.78 is 5.92. The van der Waals surface area contributed by atoms with E-state index in [1.807, 2.05) is 0 Å². The van der Waals surface area contributed by atoms with Gasteiger partial charge < -0.3 is 25.2 Å². The standard InChI is InChI=1S/C19H18O8/c1-15-7-11(21)18(26)16(24,8-15)5-6-17(25)14(23)12-9(3-2-4-10(12)20)13(22)19(17,18)27-15/h2-4,20,24-26H,5-8H2,1H3/t15-,16+,17-,18-,19-/m0/s1. The number of rotatable bonds is 0. The molecular formula is C19H18O8. The maximum atomic E-state index is 13.5. The molecule has 142 valence electrons. The number of carbonyl (C=O) groups excluding carboxylic acids is 3. The zero-order valence-electron chi connectivity index (χ0n) is 14.5. The summed E-state index contributed by atoms with van der Waals surface area (Å²) in [5, 5.41) is 44.1. The number of ether oxygens (including phenoxy) is 1. The van der Waals surface area contributed by atoms with Crippen LogP contribution in [0.4, 0.5) is 0 Å². The molecule has 0 radical (unpaired) electrons. The highest BCUT2D eigenvalue weighted by molar-refractivity contribution is 6.26. The van der Waals surface area contributed by atoms with Crippen LogP contribution in [0.5, 0.6) is 5.75 Å². The van der Waals surface area contributed by atoms with E-state index in [4.69, 9.17) is 4.74 Å². The average Bonchev–Trinajstić information content (AvgIpc) is 2.58. The number of hydrogen-bond donors (Lipinski definition) is 4. The highest BCUT2D eigenvalue weighted by Gasteiger charge is 2.88. The zero-order valence-corrected chi connectivity index (χ0v) is 14.5. The quantitative estimate of drug-likeness (QED) is 0.483.